The summed E-state index contributed by atoms with van der Waals surface area (Å²) in [6, 6.07) is 6.80. The van der Waals surface area contributed by atoms with Gasteiger partial charge >= 0.3 is 0 Å². The maximum atomic E-state index is 12.3. The molecule has 1 aliphatic carbocycles. The molecule has 3 N–H and O–H groups in total. The summed E-state index contributed by atoms with van der Waals surface area (Å²) in [5.74, 6) is 7.01. The smallest absolute Gasteiger partial charge is 0.237 e. The van der Waals surface area contributed by atoms with E-state index in [9.17, 15) is 9.59 Å². The zero-order valence-corrected chi connectivity index (χ0v) is 14.3. The number of Topliss-reactive ketones (excluding diaryl/α,β-unsaturated/α-hetero) is 1. The third-order valence-electron chi connectivity index (χ3n) is 3.84. The zero-order valence-electron chi connectivity index (χ0n) is 13.5. The Labute approximate surface area is 144 Å². The van der Waals surface area contributed by atoms with Crippen molar-refractivity contribution < 1.29 is 9.59 Å². The molecule has 0 saturated heterocycles. The lowest BCUT2D eigenvalue weighted by Gasteiger charge is -2.11. The number of hydrogen-bond acceptors (Lipinski definition) is 6. The van der Waals surface area contributed by atoms with Gasteiger partial charge in [-0.2, -0.15) is 0 Å². The highest BCUT2D eigenvalue weighted by Crippen LogP contribution is 2.39. The number of anilines is 1. The first-order valence-electron chi connectivity index (χ1n) is 7.74. The maximum Gasteiger partial charge on any atom is 0.237 e. The number of amides is 1. The van der Waals surface area contributed by atoms with Crippen molar-refractivity contribution in [2.75, 3.05) is 11.2 Å². The second-order valence-corrected chi connectivity index (χ2v) is 7.18. The predicted octanol–water partition coefficient (Wildman–Crippen LogP) is 2.19. The highest BCUT2D eigenvalue weighted by Gasteiger charge is 2.30. The van der Waals surface area contributed by atoms with Crippen LogP contribution in [0.5, 0.6) is 0 Å². The monoisotopic (exact) mass is 345 g/mol. The standard InChI is InChI=1S/C16H19N5O2S/c1-9(22)11-5-7-13(8-6-11)18-15(23)10(2)24-16-20-19-14(21(16)17)12-3-4-12/h5-8,10,12H,3-4,17H2,1-2H3,(H,18,23)/t10-/m1/s1. The van der Waals surface area contributed by atoms with Gasteiger partial charge in [-0.3, -0.25) is 9.59 Å². The first kappa shape index (κ1) is 16.5. The van der Waals surface area contributed by atoms with E-state index in [0.29, 0.717) is 22.3 Å². The number of nitrogens with two attached hydrogens (primary N) is 1. The summed E-state index contributed by atoms with van der Waals surface area (Å²) in [7, 11) is 0. The Kier molecular flexibility index (Phi) is 4.57. The molecule has 0 unspecified atom stereocenters. The first-order valence-corrected chi connectivity index (χ1v) is 8.62. The van der Waals surface area contributed by atoms with Gasteiger partial charge in [0.25, 0.3) is 0 Å². The minimum absolute atomic E-state index is 0.00875. The Morgan fingerprint density at radius 3 is 2.54 bits per heavy atom. The number of nitrogens with one attached hydrogen (secondary N) is 1. The molecule has 0 bridgehead atoms. The van der Waals surface area contributed by atoms with Crippen molar-refractivity contribution >= 4 is 29.1 Å². The topological polar surface area (TPSA) is 103 Å². The van der Waals surface area contributed by atoms with E-state index < -0.39 is 0 Å². The fraction of sp³-hybridized carbons (Fsp3) is 0.375. The number of aromatic nitrogens is 3. The summed E-state index contributed by atoms with van der Waals surface area (Å²) in [6.07, 6.45) is 2.18. The third kappa shape index (κ3) is 3.59. The van der Waals surface area contributed by atoms with Gasteiger partial charge in [0.1, 0.15) is 0 Å². The fourth-order valence-electron chi connectivity index (χ4n) is 2.23. The van der Waals surface area contributed by atoms with E-state index in [-0.39, 0.29) is 16.9 Å². The van der Waals surface area contributed by atoms with Crippen LogP contribution in [0.2, 0.25) is 0 Å². The van der Waals surface area contributed by atoms with Crippen molar-refractivity contribution in [2.24, 2.45) is 0 Å². The molecule has 126 valence electrons. The average molecular weight is 345 g/mol. The summed E-state index contributed by atoms with van der Waals surface area (Å²) in [4.78, 5) is 23.6. The SMILES string of the molecule is CC(=O)c1ccc(NC(=O)[C@@H](C)Sc2nnc(C3CC3)n2N)cc1. The van der Waals surface area contributed by atoms with Gasteiger partial charge in [-0.25, -0.2) is 4.68 Å². The second-order valence-electron chi connectivity index (χ2n) is 5.87. The molecular formula is C16H19N5O2S. The number of nitrogens with zero attached hydrogens (tertiary/aromatic N) is 3. The van der Waals surface area contributed by atoms with Gasteiger partial charge in [0, 0.05) is 17.2 Å². The highest BCUT2D eigenvalue weighted by atomic mass is 32.2. The van der Waals surface area contributed by atoms with Crippen LogP contribution in [0.3, 0.4) is 0 Å². The van der Waals surface area contributed by atoms with E-state index in [1.54, 1.807) is 31.2 Å². The van der Waals surface area contributed by atoms with Crippen molar-refractivity contribution in [3.05, 3.63) is 35.7 Å². The van der Waals surface area contributed by atoms with E-state index in [0.717, 1.165) is 18.7 Å². The quantitative estimate of drug-likeness (QED) is 0.472. The number of nitrogen functional groups attached to an aromatic ring is 1. The summed E-state index contributed by atoms with van der Waals surface area (Å²) in [5, 5.41) is 11.1. The molecule has 0 spiro atoms. The second kappa shape index (κ2) is 6.64. The Morgan fingerprint density at radius 1 is 1.29 bits per heavy atom. The van der Waals surface area contributed by atoms with E-state index in [2.05, 4.69) is 15.5 Å². The van der Waals surface area contributed by atoms with Gasteiger partial charge in [-0.05, 0) is 51.0 Å². The molecule has 0 radical (unpaired) electrons. The lowest BCUT2D eigenvalue weighted by atomic mass is 10.1. The van der Waals surface area contributed by atoms with Crippen LogP contribution in [-0.2, 0) is 4.79 Å². The lowest BCUT2D eigenvalue weighted by Crippen LogP contribution is -2.23. The van der Waals surface area contributed by atoms with Crippen LogP contribution >= 0.6 is 11.8 Å². The molecule has 1 fully saturated rings. The first-order chi connectivity index (χ1) is 11.5. The van der Waals surface area contributed by atoms with Crippen LogP contribution in [0, 0.1) is 0 Å². The van der Waals surface area contributed by atoms with Crippen LogP contribution in [-0.4, -0.2) is 31.8 Å². The van der Waals surface area contributed by atoms with Crippen LogP contribution in [0.15, 0.2) is 29.4 Å². The minimum atomic E-state index is -0.379. The molecule has 2 aromatic rings. The number of carbonyl (C=O) groups is 2. The van der Waals surface area contributed by atoms with Gasteiger partial charge in [0.2, 0.25) is 11.1 Å². The van der Waals surface area contributed by atoms with Crippen molar-refractivity contribution in [2.45, 2.75) is 43.0 Å². The molecule has 0 aliphatic heterocycles. The van der Waals surface area contributed by atoms with Gasteiger partial charge < -0.3 is 11.2 Å². The van der Waals surface area contributed by atoms with Crippen molar-refractivity contribution in [1.82, 2.24) is 14.9 Å². The molecule has 1 aromatic carbocycles. The van der Waals surface area contributed by atoms with Gasteiger partial charge in [-0.1, -0.05) is 11.8 Å². The Hall–Kier alpha value is -2.35. The van der Waals surface area contributed by atoms with Gasteiger partial charge in [0.05, 0.1) is 5.25 Å². The molecule has 1 atom stereocenters. The summed E-state index contributed by atoms with van der Waals surface area (Å²) in [5.41, 5.74) is 1.25. The molecule has 7 nitrogen and oxygen atoms in total. The lowest BCUT2D eigenvalue weighted by molar-refractivity contribution is -0.115. The Bertz CT molecular complexity index is 767. The molecule has 24 heavy (non-hydrogen) atoms. The number of carbonyl (C=O) groups excluding carboxylic acids is 2. The summed E-state index contributed by atoms with van der Waals surface area (Å²) >= 11 is 1.27. The number of ketones is 1. The van der Waals surface area contributed by atoms with Crippen LogP contribution in [0.1, 0.15) is 48.8 Å². The molecule has 8 heteroatoms. The maximum absolute atomic E-state index is 12.3. The number of rotatable bonds is 6. The molecule has 1 aromatic heterocycles. The van der Waals surface area contributed by atoms with Crippen LogP contribution in [0.25, 0.3) is 0 Å². The molecule has 1 aliphatic rings. The molecular weight excluding hydrogens is 326 g/mol. The molecule has 1 heterocycles. The Balaban J connectivity index is 1.61. The zero-order chi connectivity index (χ0) is 17.3. The van der Waals surface area contributed by atoms with Gasteiger partial charge in [0.15, 0.2) is 11.6 Å². The largest absolute Gasteiger partial charge is 0.336 e. The number of thioether (sulfide) groups is 1. The van der Waals surface area contributed by atoms with Crippen molar-refractivity contribution in [3.63, 3.8) is 0 Å². The molecule has 1 saturated carbocycles. The van der Waals surface area contributed by atoms with E-state index in [4.69, 9.17) is 5.84 Å². The number of hydrogen-bond donors (Lipinski definition) is 2. The van der Waals surface area contributed by atoms with E-state index >= 15 is 0 Å². The van der Waals surface area contributed by atoms with Crippen LogP contribution < -0.4 is 11.2 Å². The molecule has 3 rings (SSSR count). The predicted molar refractivity (Wildman–Crippen MR) is 92.5 cm³/mol. The molecule has 1 amide bonds. The highest BCUT2D eigenvalue weighted by molar-refractivity contribution is 8.00. The van der Waals surface area contributed by atoms with Crippen molar-refractivity contribution in [1.29, 1.82) is 0 Å². The average Bonchev–Trinajstić information content (AvgIpc) is 3.33. The van der Waals surface area contributed by atoms with Crippen LogP contribution in [0.4, 0.5) is 5.69 Å². The third-order valence-corrected chi connectivity index (χ3v) is 4.90. The number of benzene rings is 1. The summed E-state index contributed by atoms with van der Waals surface area (Å²) in [6.45, 7) is 3.29. The minimum Gasteiger partial charge on any atom is -0.336 e. The Morgan fingerprint density at radius 2 is 1.96 bits per heavy atom. The fourth-order valence-corrected chi connectivity index (χ4v) is 3.01. The van der Waals surface area contributed by atoms with E-state index in [1.165, 1.54) is 23.4 Å². The van der Waals surface area contributed by atoms with Gasteiger partial charge in [-0.15, -0.1) is 10.2 Å². The van der Waals surface area contributed by atoms with E-state index in [1.807, 2.05) is 0 Å². The summed E-state index contributed by atoms with van der Waals surface area (Å²) < 4.78 is 1.48. The van der Waals surface area contributed by atoms with Crippen molar-refractivity contribution in [3.8, 4) is 0 Å². The normalized spacial score (nSPS) is 15.1.